The number of aliphatic hydroxyl groups is 6. The fraction of sp³-hybridized carbons (Fsp3) is 0.594. The molecule has 0 aromatic heterocycles. The van der Waals surface area contributed by atoms with Gasteiger partial charge < -0.3 is 59.6 Å². The molecule has 0 spiro atoms. The van der Waals surface area contributed by atoms with Crippen molar-refractivity contribution in [3.05, 3.63) is 71.8 Å². The summed E-state index contributed by atoms with van der Waals surface area (Å²) >= 11 is 0. The number of nitrogens with zero attached hydrogens (tertiary/aromatic N) is 2. The summed E-state index contributed by atoms with van der Waals surface area (Å²) in [7, 11) is 0. The van der Waals surface area contributed by atoms with E-state index in [0.29, 0.717) is 24.0 Å². The number of rotatable bonds is 11. The number of benzene rings is 2. The van der Waals surface area contributed by atoms with Gasteiger partial charge in [-0.2, -0.15) is 0 Å². The molecule has 14 heteroatoms. The van der Waals surface area contributed by atoms with Gasteiger partial charge in [-0.25, -0.2) is 4.79 Å². The summed E-state index contributed by atoms with van der Waals surface area (Å²) in [4.78, 5) is 14.5. The summed E-state index contributed by atoms with van der Waals surface area (Å²) in [5, 5.41) is 75.4. The first-order valence-electron chi connectivity index (χ1n) is 15.6. The van der Waals surface area contributed by atoms with Crippen molar-refractivity contribution in [1.82, 2.24) is 9.80 Å². The van der Waals surface area contributed by atoms with Crippen molar-refractivity contribution in [3.63, 3.8) is 0 Å². The van der Waals surface area contributed by atoms with Crippen molar-refractivity contribution in [2.75, 3.05) is 39.4 Å². The molecule has 0 radical (unpaired) electrons. The van der Waals surface area contributed by atoms with E-state index in [2.05, 4.69) is 0 Å². The molecule has 0 bridgehead atoms. The second kappa shape index (κ2) is 15.9. The van der Waals surface area contributed by atoms with Gasteiger partial charge in [-0.1, -0.05) is 60.7 Å². The van der Waals surface area contributed by atoms with E-state index in [9.17, 15) is 40.5 Å². The van der Waals surface area contributed by atoms with Crippen LogP contribution in [0.25, 0.3) is 0 Å². The minimum absolute atomic E-state index is 0.131. The molecule has 7 N–H and O–H groups in total. The first kappa shape index (κ1) is 34.6. The molecule has 254 valence electrons. The van der Waals surface area contributed by atoms with Crippen LogP contribution in [-0.4, -0.2) is 146 Å². The lowest BCUT2D eigenvalue weighted by atomic mass is 9.96. The van der Waals surface area contributed by atoms with Crippen LogP contribution in [0, 0.1) is 0 Å². The average Bonchev–Trinajstić information content (AvgIpc) is 3.08. The molecule has 3 heterocycles. The highest BCUT2D eigenvalue weighted by molar-refractivity contribution is 5.65. The predicted molar refractivity (Wildman–Crippen MR) is 160 cm³/mol. The third kappa shape index (κ3) is 8.40. The number of aliphatic hydroxyl groups excluding tert-OH is 6. The van der Waals surface area contributed by atoms with Gasteiger partial charge in [0.05, 0.1) is 25.4 Å². The minimum Gasteiger partial charge on any atom is -0.465 e. The highest BCUT2D eigenvalue weighted by atomic mass is 16.7. The van der Waals surface area contributed by atoms with E-state index < -0.39 is 67.5 Å². The molecule has 3 saturated heterocycles. The number of carbonyl (C=O) groups is 1. The molecular weight excluding hydrogens is 604 g/mol. The van der Waals surface area contributed by atoms with Gasteiger partial charge in [0.15, 0.2) is 12.6 Å². The van der Waals surface area contributed by atoms with Crippen molar-refractivity contribution in [2.45, 2.75) is 80.3 Å². The van der Waals surface area contributed by atoms with Gasteiger partial charge in [0.1, 0.15) is 36.6 Å². The van der Waals surface area contributed by atoms with Gasteiger partial charge in [-0.05, 0) is 12.8 Å². The molecular formula is C32H44N2O12. The Hall–Kier alpha value is -2.73. The Labute approximate surface area is 266 Å². The first-order chi connectivity index (χ1) is 22.1. The summed E-state index contributed by atoms with van der Waals surface area (Å²) in [6.45, 7) is -0.225. The molecule has 3 aliphatic heterocycles. The molecule has 0 saturated carbocycles. The largest absolute Gasteiger partial charge is 0.465 e. The Morgan fingerprint density at radius 1 is 0.739 bits per heavy atom. The fourth-order valence-corrected chi connectivity index (χ4v) is 6.22. The van der Waals surface area contributed by atoms with E-state index in [0.717, 1.165) is 0 Å². The van der Waals surface area contributed by atoms with Crippen LogP contribution in [0.3, 0.4) is 0 Å². The Morgan fingerprint density at radius 2 is 1.15 bits per heavy atom. The molecule has 0 aliphatic carbocycles. The maximum absolute atomic E-state index is 11.5. The zero-order valence-corrected chi connectivity index (χ0v) is 25.3. The molecule has 2 aromatic carbocycles. The molecule has 46 heavy (non-hydrogen) atoms. The van der Waals surface area contributed by atoms with E-state index in [1.165, 1.54) is 4.90 Å². The van der Waals surface area contributed by atoms with Gasteiger partial charge in [0.2, 0.25) is 0 Å². The average molecular weight is 649 g/mol. The van der Waals surface area contributed by atoms with Crippen molar-refractivity contribution < 1.29 is 59.5 Å². The Morgan fingerprint density at radius 3 is 1.54 bits per heavy atom. The van der Waals surface area contributed by atoms with Crippen LogP contribution in [0.1, 0.15) is 36.5 Å². The molecule has 14 nitrogen and oxygen atoms in total. The van der Waals surface area contributed by atoms with Gasteiger partial charge in [0.25, 0.3) is 0 Å². The van der Waals surface area contributed by atoms with Gasteiger partial charge >= 0.3 is 6.09 Å². The van der Waals surface area contributed by atoms with Crippen LogP contribution in [0.15, 0.2) is 60.7 Å². The summed E-state index contributed by atoms with van der Waals surface area (Å²) < 4.78 is 22.9. The topological polar surface area (TPSA) is 202 Å². The van der Waals surface area contributed by atoms with Crippen LogP contribution in [0.2, 0.25) is 0 Å². The number of hydrogen-bond acceptors (Lipinski definition) is 12. The van der Waals surface area contributed by atoms with Crippen molar-refractivity contribution in [2.24, 2.45) is 0 Å². The van der Waals surface area contributed by atoms with Gasteiger partial charge in [0, 0.05) is 43.3 Å². The minimum atomic E-state index is -1.55. The number of piperidine rings is 1. The normalized spacial score (nSPS) is 30.5. The quantitative estimate of drug-likeness (QED) is 0.169. The third-order valence-corrected chi connectivity index (χ3v) is 8.86. The van der Waals surface area contributed by atoms with Crippen LogP contribution >= 0.6 is 0 Å². The molecule has 3 fully saturated rings. The number of hydrogen-bond donors (Lipinski definition) is 7. The van der Waals surface area contributed by atoms with Crippen molar-refractivity contribution in [3.8, 4) is 0 Å². The highest BCUT2D eigenvalue weighted by Crippen LogP contribution is 2.31. The predicted octanol–water partition coefficient (Wildman–Crippen LogP) is -0.175. The van der Waals surface area contributed by atoms with Crippen molar-refractivity contribution >= 4 is 6.09 Å². The van der Waals surface area contributed by atoms with E-state index in [4.69, 9.17) is 18.9 Å². The maximum Gasteiger partial charge on any atom is 0.407 e. The number of amides is 1. The number of ether oxygens (including phenoxy) is 4. The van der Waals surface area contributed by atoms with E-state index in [1.807, 2.05) is 12.1 Å². The zero-order chi connectivity index (χ0) is 32.8. The van der Waals surface area contributed by atoms with E-state index in [1.54, 1.807) is 53.4 Å². The Kier molecular flexibility index (Phi) is 12.0. The standard InChI is InChI=1S/C32H44N2O12/c35-22(26(39)28-24(37)17-43-30(45-28)19-7-3-1-4-8-19)15-34(21-11-13-33(14-12-21)32(41)42)16-23(36)27(40)29-25(38)18-44-31(46-29)20-9-5-2-6-10-20/h1-10,21-31,35-40H,11-18H2,(H,41,42)/t22-,23-,24+,25+,26+,27+,28+,29+,30?,31?/m0/s1. The van der Waals surface area contributed by atoms with Gasteiger partial charge in [-0.15, -0.1) is 0 Å². The Balaban J connectivity index is 1.27. The lowest BCUT2D eigenvalue weighted by Gasteiger charge is -2.43. The first-order valence-corrected chi connectivity index (χ1v) is 15.6. The lowest BCUT2D eigenvalue weighted by Crippen LogP contribution is -2.58. The molecule has 2 aromatic rings. The molecule has 2 unspecified atom stereocenters. The number of carboxylic acid groups (broad SMARTS) is 1. The fourth-order valence-electron chi connectivity index (χ4n) is 6.22. The molecule has 10 atom stereocenters. The van der Waals surface area contributed by atoms with Gasteiger partial charge in [-0.3, -0.25) is 4.90 Å². The van der Waals surface area contributed by atoms with Crippen LogP contribution in [0.5, 0.6) is 0 Å². The maximum atomic E-state index is 11.5. The lowest BCUT2D eigenvalue weighted by molar-refractivity contribution is -0.285. The summed E-state index contributed by atoms with van der Waals surface area (Å²) in [5.74, 6) is 0. The SMILES string of the molecule is O=C(O)N1CCC(N(C[C@H](O)[C@@H](O)[C@@H]2OC(c3ccccc3)OC[C@H]2O)C[C@H](O)[C@@H](O)[C@@H]2OC(c3ccccc3)OC[C@H]2O)CC1. The van der Waals surface area contributed by atoms with Crippen LogP contribution in [-0.2, 0) is 18.9 Å². The smallest absolute Gasteiger partial charge is 0.407 e. The van der Waals surface area contributed by atoms with Crippen LogP contribution < -0.4 is 0 Å². The second-order valence-corrected chi connectivity index (χ2v) is 12.1. The third-order valence-electron chi connectivity index (χ3n) is 8.86. The monoisotopic (exact) mass is 648 g/mol. The second-order valence-electron chi connectivity index (χ2n) is 12.1. The molecule has 3 aliphatic rings. The Bertz CT molecular complexity index is 1140. The molecule has 5 rings (SSSR count). The van der Waals surface area contributed by atoms with Crippen molar-refractivity contribution in [1.29, 1.82) is 0 Å². The highest BCUT2D eigenvalue weighted by Gasteiger charge is 2.43. The zero-order valence-electron chi connectivity index (χ0n) is 25.3. The van der Waals surface area contributed by atoms with Crippen LogP contribution in [0.4, 0.5) is 4.79 Å². The summed E-state index contributed by atoms with van der Waals surface area (Å²) in [6, 6.07) is 17.6. The van der Waals surface area contributed by atoms with E-state index in [-0.39, 0.29) is 45.4 Å². The summed E-state index contributed by atoms with van der Waals surface area (Å²) in [5.41, 5.74) is 1.36. The molecule has 1 amide bonds. The number of likely N-dealkylation sites (tertiary alicyclic amines) is 1. The summed E-state index contributed by atoms with van der Waals surface area (Å²) in [6.07, 6.45) is -12.9. The van der Waals surface area contributed by atoms with E-state index >= 15 is 0 Å².